The number of aliphatic carboxylic acids is 1. The summed E-state index contributed by atoms with van der Waals surface area (Å²) >= 11 is 5.96. The number of benzene rings is 3. The molecule has 13 heteroatoms. The molecule has 0 fully saturated rings. The summed E-state index contributed by atoms with van der Waals surface area (Å²) < 4.78 is 92.7. The van der Waals surface area contributed by atoms with E-state index in [2.05, 4.69) is 0 Å². The molecule has 1 N–H and O–H groups in total. The number of fused-ring (bicyclic) bond motifs is 1. The lowest BCUT2D eigenvalue weighted by Crippen LogP contribution is -2.44. The molecule has 0 aromatic heterocycles. The molecule has 1 unspecified atom stereocenters. The molecule has 3 aromatic rings. The molecule has 1 atom stereocenters. The molecule has 4 rings (SSSR count). The van der Waals surface area contributed by atoms with E-state index in [4.69, 9.17) is 21.1 Å². The lowest BCUT2D eigenvalue weighted by molar-refractivity contribution is -0.139. The lowest BCUT2D eigenvalue weighted by atomic mass is 10.1. The third-order valence-corrected chi connectivity index (χ3v) is 7.48. The van der Waals surface area contributed by atoms with Crippen molar-refractivity contribution >= 4 is 33.3 Å². The van der Waals surface area contributed by atoms with Crippen LogP contribution in [0, 0.1) is 5.82 Å². The molecule has 0 bridgehead atoms. The van der Waals surface area contributed by atoms with E-state index in [1.165, 1.54) is 30.3 Å². The predicted octanol–water partition coefficient (Wildman–Crippen LogP) is 5.51. The van der Waals surface area contributed by atoms with E-state index < -0.39 is 57.5 Å². The maximum absolute atomic E-state index is 14.1. The molecule has 0 spiro atoms. The van der Waals surface area contributed by atoms with Crippen molar-refractivity contribution in [1.29, 1.82) is 0 Å². The summed E-state index contributed by atoms with van der Waals surface area (Å²) in [6.07, 6.45) is -6.44. The highest BCUT2D eigenvalue weighted by Crippen LogP contribution is 2.40. The Morgan fingerprint density at radius 3 is 2.54 bits per heavy atom. The summed E-state index contributed by atoms with van der Waals surface area (Å²) in [5.41, 5.74) is -0.838. The Labute approximate surface area is 213 Å². The summed E-state index contributed by atoms with van der Waals surface area (Å²) in [5, 5.41) is 9.20. The topological polar surface area (TPSA) is 93.1 Å². The smallest absolute Gasteiger partial charge is 0.416 e. The zero-order valence-corrected chi connectivity index (χ0v) is 20.3. The SMILES string of the molecule is O=C(O)CC1CN(S(=O)(=O)c2cccc(C(F)(F)F)c2)c2cc(COc3c(F)cccc3Cl)ccc2O1. The van der Waals surface area contributed by atoms with Crippen molar-refractivity contribution in [2.75, 3.05) is 10.8 Å². The van der Waals surface area contributed by atoms with E-state index in [1.807, 2.05) is 0 Å². The molecule has 1 aliphatic heterocycles. The minimum atomic E-state index is -4.78. The van der Waals surface area contributed by atoms with Crippen molar-refractivity contribution in [3.8, 4) is 11.5 Å². The molecule has 1 heterocycles. The average Bonchev–Trinajstić information content (AvgIpc) is 2.82. The molecule has 37 heavy (non-hydrogen) atoms. The van der Waals surface area contributed by atoms with E-state index in [1.54, 1.807) is 0 Å². The Kier molecular flexibility index (Phi) is 7.24. The fraction of sp³-hybridized carbons (Fsp3) is 0.208. The Morgan fingerprint density at radius 1 is 1.14 bits per heavy atom. The number of carboxylic acids is 1. The van der Waals surface area contributed by atoms with Gasteiger partial charge in [0.05, 0.1) is 34.1 Å². The molecule has 0 saturated carbocycles. The second kappa shape index (κ2) is 10.1. The Bertz CT molecular complexity index is 1430. The number of carbonyl (C=O) groups is 1. The second-order valence-electron chi connectivity index (χ2n) is 8.04. The van der Waals surface area contributed by atoms with Gasteiger partial charge < -0.3 is 14.6 Å². The summed E-state index contributed by atoms with van der Waals surface area (Å²) in [7, 11) is -4.59. The molecule has 0 amide bonds. The number of rotatable bonds is 7. The van der Waals surface area contributed by atoms with Gasteiger partial charge in [-0.3, -0.25) is 9.10 Å². The maximum atomic E-state index is 14.1. The van der Waals surface area contributed by atoms with Crippen LogP contribution in [0.2, 0.25) is 5.02 Å². The van der Waals surface area contributed by atoms with Gasteiger partial charge in [0.1, 0.15) is 18.5 Å². The summed E-state index contributed by atoms with van der Waals surface area (Å²) in [6.45, 7) is -0.703. The first-order valence-corrected chi connectivity index (χ1v) is 12.5. The number of alkyl halides is 3. The molecule has 0 aliphatic carbocycles. The van der Waals surface area contributed by atoms with Gasteiger partial charge in [0.2, 0.25) is 0 Å². The highest BCUT2D eigenvalue weighted by molar-refractivity contribution is 7.92. The highest BCUT2D eigenvalue weighted by atomic mass is 35.5. The van der Waals surface area contributed by atoms with Crippen molar-refractivity contribution in [3.05, 3.63) is 82.6 Å². The van der Waals surface area contributed by atoms with Crippen LogP contribution in [0.5, 0.6) is 11.5 Å². The Balaban J connectivity index is 1.72. The number of para-hydroxylation sites is 1. The van der Waals surface area contributed by atoms with Crippen LogP contribution < -0.4 is 13.8 Å². The highest BCUT2D eigenvalue weighted by Gasteiger charge is 2.37. The number of ether oxygens (including phenoxy) is 2. The number of anilines is 1. The van der Waals surface area contributed by atoms with Gasteiger partial charge in [-0.05, 0) is 48.0 Å². The molecular weight excluding hydrogens is 542 g/mol. The van der Waals surface area contributed by atoms with Crippen LogP contribution in [-0.4, -0.2) is 32.1 Å². The first-order valence-electron chi connectivity index (χ1n) is 10.6. The van der Waals surface area contributed by atoms with E-state index >= 15 is 0 Å². The van der Waals surface area contributed by atoms with Gasteiger partial charge in [-0.25, -0.2) is 12.8 Å². The molecule has 0 radical (unpaired) electrons. The molecule has 3 aromatic carbocycles. The monoisotopic (exact) mass is 559 g/mol. The average molecular weight is 560 g/mol. The number of hydrogen-bond donors (Lipinski definition) is 1. The summed E-state index contributed by atoms with van der Waals surface area (Å²) in [6, 6.07) is 11.4. The van der Waals surface area contributed by atoms with Gasteiger partial charge in [-0.1, -0.05) is 29.8 Å². The van der Waals surface area contributed by atoms with Crippen molar-refractivity contribution < 1.29 is 45.4 Å². The van der Waals surface area contributed by atoms with Crippen molar-refractivity contribution in [2.24, 2.45) is 0 Å². The minimum Gasteiger partial charge on any atom is -0.486 e. The van der Waals surface area contributed by atoms with Crippen LogP contribution in [0.15, 0.2) is 65.6 Å². The number of halogens is 5. The van der Waals surface area contributed by atoms with E-state index in [0.717, 1.165) is 28.6 Å². The zero-order valence-electron chi connectivity index (χ0n) is 18.7. The molecule has 1 aliphatic rings. The van der Waals surface area contributed by atoms with Crippen LogP contribution in [0.1, 0.15) is 17.5 Å². The van der Waals surface area contributed by atoms with E-state index in [-0.39, 0.29) is 28.8 Å². The van der Waals surface area contributed by atoms with Gasteiger partial charge in [0.15, 0.2) is 11.6 Å². The van der Waals surface area contributed by atoms with Crippen LogP contribution in [-0.2, 0) is 27.6 Å². The number of nitrogens with zero attached hydrogens (tertiary/aromatic N) is 1. The number of sulfonamides is 1. The molecule has 196 valence electrons. The predicted molar refractivity (Wildman–Crippen MR) is 125 cm³/mol. The minimum absolute atomic E-state index is 0.000671. The standard InChI is InChI=1S/C24H18ClF4NO6S/c25-18-5-2-6-19(26)23(18)35-13-14-7-8-21-20(9-14)30(12-16(36-21)11-22(31)32)37(33,34)17-4-1-3-15(10-17)24(27,28)29/h1-10,16H,11-13H2,(H,31,32). The summed E-state index contributed by atoms with van der Waals surface area (Å²) in [4.78, 5) is 10.6. The second-order valence-corrected chi connectivity index (χ2v) is 10.3. The normalized spacial score (nSPS) is 15.6. The van der Waals surface area contributed by atoms with Crippen molar-refractivity contribution in [1.82, 2.24) is 0 Å². The lowest BCUT2D eigenvalue weighted by Gasteiger charge is -2.35. The van der Waals surface area contributed by atoms with Gasteiger partial charge in [0.25, 0.3) is 10.0 Å². The number of carboxylic acid groups (broad SMARTS) is 1. The van der Waals surface area contributed by atoms with E-state index in [0.29, 0.717) is 11.6 Å². The third kappa shape index (κ3) is 5.75. The molecule has 7 nitrogen and oxygen atoms in total. The fourth-order valence-electron chi connectivity index (χ4n) is 3.71. The molecular formula is C24H18ClF4NO6S. The fourth-order valence-corrected chi connectivity index (χ4v) is 5.47. The first-order chi connectivity index (χ1) is 17.4. The number of hydrogen-bond acceptors (Lipinski definition) is 5. The summed E-state index contributed by atoms with van der Waals surface area (Å²) in [5.74, 6) is -2.18. The Morgan fingerprint density at radius 2 is 1.86 bits per heavy atom. The maximum Gasteiger partial charge on any atom is 0.416 e. The quantitative estimate of drug-likeness (QED) is 0.384. The van der Waals surface area contributed by atoms with Gasteiger partial charge in [-0.15, -0.1) is 0 Å². The first kappa shape index (κ1) is 26.6. The van der Waals surface area contributed by atoms with Crippen LogP contribution >= 0.6 is 11.6 Å². The third-order valence-electron chi connectivity index (χ3n) is 5.41. The Hall–Kier alpha value is -3.51. The van der Waals surface area contributed by atoms with Crippen molar-refractivity contribution in [2.45, 2.75) is 30.2 Å². The van der Waals surface area contributed by atoms with Crippen LogP contribution in [0.3, 0.4) is 0 Å². The van der Waals surface area contributed by atoms with Gasteiger partial charge in [0, 0.05) is 0 Å². The van der Waals surface area contributed by atoms with Gasteiger partial charge >= 0.3 is 12.1 Å². The van der Waals surface area contributed by atoms with Crippen molar-refractivity contribution in [3.63, 3.8) is 0 Å². The van der Waals surface area contributed by atoms with Gasteiger partial charge in [-0.2, -0.15) is 13.2 Å². The van der Waals surface area contributed by atoms with E-state index in [9.17, 15) is 35.9 Å². The zero-order chi connectivity index (χ0) is 27.0. The van der Waals surface area contributed by atoms with Crippen LogP contribution in [0.25, 0.3) is 0 Å². The molecule has 0 saturated heterocycles. The largest absolute Gasteiger partial charge is 0.486 e. The van der Waals surface area contributed by atoms with Crippen LogP contribution in [0.4, 0.5) is 23.2 Å².